The van der Waals surface area contributed by atoms with Gasteiger partial charge in [0.05, 0.1) is 12.8 Å². The first kappa shape index (κ1) is 13.1. The number of benzene rings is 1. The molecule has 0 bridgehead atoms. The molecule has 104 valence electrons. The Hall–Kier alpha value is -1.87. The monoisotopic (exact) mass is 269 g/mol. The van der Waals surface area contributed by atoms with Crippen LogP contribution >= 0.6 is 0 Å². The molecule has 0 radical (unpaired) electrons. The lowest BCUT2D eigenvalue weighted by Gasteiger charge is -2.12. The van der Waals surface area contributed by atoms with Crippen LogP contribution in [0.4, 0.5) is 0 Å². The van der Waals surface area contributed by atoms with Gasteiger partial charge < -0.3 is 9.84 Å². The minimum atomic E-state index is -0.593. The van der Waals surface area contributed by atoms with Crippen molar-refractivity contribution in [3.8, 4) is 5.88 Å². The Labute approximate surface area is 119 Å². The molecule has 3 nitrogen and oxygen atoms in total. The second-order valence-corrected chi connectivity index (χ2v) is 5.28. The molecule has 1 heterocycles. The third-order valence-corrected chi connectivity index (χ3v) is 3.89. The Balaban J connectivity index is 1.76. The fourth-order valence-corrected chi connectivity index (χ4v) is 2.81. The summed E-state index contributed by atoms with van der Waals surface area (Å²) in [6, 6.07) is 12.0. The Morgan fingerprint density at radius 2 is 2.05 bits per heavy atom. The van der Waals surface area contributed by atoms with Gasteiger partial charge in [0.15, 0.2) is 0 Å². The van der Waals surface area contributed by atoms with Crippen LogP contribution in [0.2, 0.25) is 0 Å². The van der Waals surface area contributed by atoms with Crippen LogP contribution in [0, 0.1) is 0 Å². The summed E-state index contributed by atoms with van der Waals surface area (Å²) in [6.45, 7) is 0. The lowest BCUT2D eigenvalue weighted by molar-refractivity contribution is 0.172. The number of nitrogens with zero attached hydrogens (tertiary/aromatic N) is 1. The van der Waals surface area contributed by atoms with Crippen LogP contribution in [-0.4, -0.2) is 17.2 Å². The van der Waals surface area contributed by atoms with E-state index in [0.717, 1.165) is 6.42 Å². The molecule has 0 spiro atoms. The molecular formula is C17H19NO2. The van der Waals surface area contributed by atoms with Crippen molar-refractivity contribution in [2.75, 3.05) is 7.11 Å². The number of methoxy groups -OCH3 is 1. The molecule has 2 aromatic rings. The molecule has 1 unspecified atom stereocenters. The predicted octanol–water partition coefficient (Wildman–Crippen LogP) is 2.86. The van der Waals surface area contributed by atoms with Crippen LogP contribution in [0.1, 0.15) is 34.9 Å². The van der Waals surface area contributed by atoms with Crippen LogP contribution in [-0.2, 0) is 19.3 Å². The highest BCUT2D eigenvalue weighted by molar-refractivity contribution is 5.35. The van der Waals surface area contributed by atoms with E-state index in [1.54, 1.807) is 13.2 Å². The van der Waals surface area contributed by atoms with Crippen LogP contribution in [0.5, 0.6) is 5.88 Å². The first-order valence-corrected chi connectivity index (χ1v) is 7.06. The smallest absolute Gasteiger partial charge is 0.213 e. The van der Waals surface area contributed by atoms with Crippen molar-refractivity contribution >= 4 is 0 Å². The van der Waals surface area contributed by atoms with Gasteiger partial charge in [0.1, 0.15) is 6.10 Å². The molecule has 0 aliphatic heterocycles. The molecule has 3 rings (SSSR count). The average molecular weight is 269 g/mol. The highest BCUT2D eigenvalue weighted by Gasteiger charge is 2.14. The number of aromatic nitrogens is 1. The zero-order valence-electron chi connectivity index (χ0n) is 11.7. The standard InChI is InChI=1S/C17H19NO2/c1-20-17-7-3-6-15(18-17)16(19)11-12-8-9-13-4-2-5-14(13)10-12/h3,6-10,16,19H,2,4-5,11H2,1H3. The minimum Gasteiger partial charge on any atom is -0.481 e. The molecule has 20 heavy (non-hydrogen) atoms. The number of rotatable bonds is 4. The second kappa shape index (κ2) is 5.63. The first-order chi connectivity index (χ1) is 9.76. The van der Waals surface area contributed by atoms with E-state index in [9.17, 15) is 5.11 Å². The summed E-state index contributed by atoms with van der Waals surface area (Å²) in [5.41, 5.74) is 4.73. The summed E-state index contributed by atoms with van der Waals surface area (Å²) in [4.78, 5) is 4.29. The highest BCUT2D eigenvalue weighted by Crippen LogP contribution is 2.25. The molecule has 0 saturated heterocycles. The van der Waals surface area contributed by atoms with Crippen LogP contribution in [0.25, 0.3) is 0 Å². The van der Waals surface area contributed by atoms with Crippen molar-refractivity contribution in [3.05, 3.63) is 58.8 Å². The maximum Gasteiger partial charge on any atom is 0.213 e. The number of pyridine rings is 1. The number of aliphatic hydroxyl groups is 1. The quantitative estimate of drug-likeness (QED) is 0.928. The average Bonchev–Trinajstić information content (AvgIpc) is 2.95. The number of fused-ring (bicyclic) bond motifs is 1. The molecular weight excluding hydrogens is 250 g/mol. The second-order valence-electron chi connectivity index (χ2n) is 5.28. The van der Waals surface area contributed by atoms with E-state index in [1.807, 2.05) is 12.1 Å². The lowest BCUT2D eigenvalue weighted by Crippen LogP contribution is -2.05. The van der Waals surface area contributed by atoms with E-state index < -0.39 is 6.10 Å². The van der Waals surface area contributed by atoms with E-state index in [1.165, 1.54) is 29.5 Å². The molecule has 3 heteroatoms. The zero-order valence-corrected chi connectivity index (χ0v) is 11.7. The van der Waals surface area contributed by atoms with Gasteiger partial charge in [-0.15, -0.1) is 0 Å². The summed E-state index contributed by atoms with van der Waals surface area (Å²) < 4.78 is 5.09. The Bertz CT molecular complexity index is 610. The topological polar surface area (TPSA) is 42.4 Å². The zero-order chi connectivity index (χ0) is 13.9. The van der Waals surface area contributed by atoms with Gasteiger partial charge in [-0.1, -0.05) is 24.3 Å². The normalized spacial score (nSPS) is 14.9. The summed E-state index contributed by atoms with van der Waals surface area (Å²) in [6.07, 6.45) is 3.60. The fourth-order valence-electron chi connectivity index (χ4n) is 2.81. The van der Waals surface area contributed by atoms with Crippen molar-refractivity contribution in [3.63, 3.8) is 0 Å². The van der Waals surface area contributed by atoms with E-state index in [-0.39, 0.29) is 0 Å². The molecule has 1 aliphatic rings. The molecule has 1 aliphatic carbocycles. The maximum absolute atomic E-state index is 10.3. The number of aryl methyl sites for hydroxylation is 2. The van der Waals surface area contributed by atoms with Gasteiger partial charge in [-0.3, -0.25) is 0 Å². The van der Waals surface area contributed by atoms with Crippen molar-refractivity contribution < 1.29 is 9.84 Å². The van der Waals surface area contributed by atoms with Crippen molar-refractivity contribution in [1.29, 1.82) is 0 Å². The summed E-state index contributed by atoms with van der Waals surface area (Å²) in [7, 11) is 1.58. The van der Waals surface area contributed by atoms with E-state index >= 15 is 0 Å². The van der Waals surface area contributed by atoms with Crippen molar-refractivity contribution in [2.24, 2.45) is 0 Å². The molecule has 0 fully saturated rings. The van der Waals surface area contributed by atoms with E-state index in [2.05, 4.69) is 23.2 Å². The SMILES string of the molecule is COc1cccc(C(O)Cc2ccc3c(c2)CCC3)n1. The van der Waals surface area contributed by atoms with Crippen LogP contribution in [0.3, 0.4) is 0 Å². The predicted molar refractivity (Wildman–Crippen MR) is 77.9 cm³/mol. The first-order valence-electron chi connectivity index (χ1n) is 7.06. The third-order valence-electron chi connectivity index (χ3n) is 3.89. The number of hydrogen-bond acceptors (Lipinski definition) is 3. The van der Waals surface area contributed by atoms with Gasteiger partial charge in [-0.05, 0) is 42.0 Å². The molecule has 1 aromatic carbocycles. The summed E-state index contributed by atoms with van der Waals surface area (Å²) >= 11 is 0. The summed E-state index contributed by atoms with van der Waals surface area (Å²) in [5.74, 6) is 0.538. The molecule has 0 amide bonds. The highest BCUT2D eigenvalue weighted by atomic mass is 16.5. The van der Waals surface area contributed by atoms with Crippen molar-refractivity contribution in [1.82, 2.24) is 4.98 Å². The van der Waals surface area contributed by atoms with Crippen molar-refractivity contribution in [2.45, 2.75) is 31.8 Å². The molecule has 1 atom stereocenters. The van der Waals surface area contributed by atoms with Gasteiger partial charge in [0.2, 0.25) is 5.88 Å². The lowest BCUT2D eigenvalue weighted by atomic mass is 10.0. The fraction of sp³-hybridized carbons (Fsp3) is 0.353. The maximum atomic E-state index is 10.3. The Kier molecular flexibility index (Phi) is 3.70. The van der Waals surface area contributed by atoms with Gasteiger partial charge >= 0.3 is 0 Å². The number of hydrogen-bond donors (Lipinski definition) is 1. The van der Waals surface area contributed by atoms with Gasteiger partial charge in [0.25, 0.3) is 0 Å². The Morgan fingerprint density at radius 3 is 2.90 bits per heavy atom. The number of aliphatic hydroxyl groups excluding tert-OH is 1. The van der Waals surface area contributed by atoms with Crippen LogP contribution in [0.15, 0.2) is 36.4 Å². The third kappa shape index (κ3) is 2.68. The van der Waals surface area contributed by atoms with E-state index in [0.29, 0.717) is 18.0 Å². The molecule has 1 N–H and O–H groups in total. The summed E-state index contributed by atoms with van der Waals surface area (Å²) in [5, 5.41) is 10.3. The molecule has 0 saturated carbocycles. The largest absolute Gasteiger partial charge is 0.481 e. The van der Waals surface area contributed by atoms with E-state index in [4.69, 9.17) is 4.74 Å². The molecule has 1 aromatic heterocycles. The van der Waals surface area contributed by atoms with Gasteiger partial charge in [0, 0.05) is 12.5 Å². The van der Waals surface area contributed by atoms with Gasteiger partial charge in [-0.25, -0.2) is 4.98 Å². The minimum absolute atomic E-state index is 0.538. The number of ether oxygens (including phenoxy) is 1. The Morgan fingerprint density at radius 1 is 1.20 bits per heavy atom. The van der Waals surface area contributed by atoms with Gasteiger partial charge in [-0.2, -0.15) is 0 Å². The van der Waals surface area contributed by atoms with Crippen LogP contribution < -0.4 is 4.74 Å².